The molecule has 1 aliphatic heterocycles. The molecule has 0 saturated carbocycles. The van der Waals surface area contributed by atoms with E-state index in [2.05, 4.69) is 23.2 Å². The molecule has 1 saturated heterocycles. The van der Waals surface area contributed by atoms with Crippen molar-refractivity contribution in [3.63, 3.8) is 0 Å². The molecule has 9 heteroatoms. The van der Waals surface area contributed by atoms with Crippen LogP contribution < -0.4 is 20.7 Å². The largest absolute Gasteiger partial charge is 0.497 e. The number of hydrogen-bond donors (Lipinski definition) is 1. The first kappa shape index (κ1) is 27.4. The third kappa shape index (κ3) is 6.02. The van der Waals surface area contributed by atoms with Gasteiger partial charge in [0.2, 0.25) is 0 Å². The minimum Gasteiger partial charge on any atom is -0.497 e. The van der Waals surface area contributed by atoms with Crippen LogP contribution in [0, 0.1) is 0 Å². The lowest BCUT2D eigenvalue weighted by Crippen LogP contribution is -2.35. The summed E-state index contributed by atoms with van der Waals surface area (Å²) in [6, 6.07) is 23.5. The Balaban J connectivity index is 1.33. The van der Waals surface area contributed by atoms with E-state index in [0.29, 0.717) is 19.6 Å². The smallest absolute Gasteiger partial charge is 0.330 e. The van der Waals surface area contributed by atoms with E-state index in [1.54, 1.807) is 21.3 Å². The van der Waals surface area contributed by atoms with Crippen LogP contribution in [0.2, 0.25) is 0 Å². The van der Waals surface area contributed by atoms with Gasteiger partial charge in [-0.25, -0.2) is 4.79 Å². The minimum atomic E-state index is -0.651. The maximum atomic E-state index is 12.3. The van der Waals surface area contributed by atoms with Crippen molar-refractivity contribution in [2.45, 2.75) is 31.5 Å². The van der Waals surface area contributed by atoms with Gasteiger partial charge in [-0.3, -0.25) is 14.3 Å². The molecule has 0 radical (unpaired) electrons. The summed E-state index contributed by atoms with van der Waals surface area (Å²) >= 11 is 0. The van der Waals surface area contributed by atoms with Crippen molar-refractivity contribution in [1.82, 2.24) is 9.55 Å². The predicted molar refractivity (Wildman–Crippen MR) is 151 cm³/mol. The highest BCUT2D eigenvalue weighted by Crippen LogP contribution is 2.33. The molecule has 0 spiro atoms. The Morgan fingerprint density at radius 2 is 1.50 bits per heavy atom. The molecule has 3 unspecified atom stereocenters. The van der Waals surface area contributed by atoms with Crippen LogP contribution in [0.15, 0.2) is 88.6 Å². The van der Waals surface area contributed by atoms with Gasteiger partial charge in [0.25, 0.3) is 5.56 Å². The summed E-state index contributed by atoms with van der Waals surface area (Å²) in [5.74, 6) is 1.59. The van der Waals surface area contributed by atoms with Crippen LogP contribution in [0.3, 0.4) is 0 Å². The molecular weight excluding hydrogens is 512 g/mol. The second-order valence-corrected chi connectivity index (χ2v) is 9.52. The summed E-state index contributed by atoms with van der Waals surface area (Å²) in [5, 5.41) is 0. The molecule has 40 heavy (non-hydrogen) atoms. The molecule has 3 atom stereocenters. The van der Waals surface area contributed by atoms with Crippen molar-refractivity contribution in [3.05, 3.63) is 105 Å². The number of hydrogen-bond acceptors (Lipinski definition) is 7. The van der Waals surface area contributed by atoms with Crippen molar-refractivity contribution >= 4 is 0 Å². The number of benzene rings is 3. The Bertz CT molecular complexity index is 1540. The van der Waals surface area contributed by atoms with E-state index < -0.39 is 17.5 Å². The predicted octanol–water partition coefficient (Wildman–Crippen LogP) is 4.41. The van der Waals surface area contributed by atoms with E-state index in [1.807, 2.05) is 48.5 Å². The summed E-state index contributed by atoms with van der Waals surface area (Å²) in [6.45, 7) is 0.682. The van der Waals surface area contributed by atoms with Gasteiger partial charge >= 0.3 is 5.69 Å². The summed E-state index contributed by atoms with van der Waals surface area (Å²) in [7, 11) is 4.88. The van der Waals surface area contributed by atoms with Crippen LogP contribution in [0.1, 0.15) is 18.2 Å². The Morgan fingerprint density at radius 1 is 0.850 bits per heavy atom. The fourth-order valence-corrected chi connectivity index (χ4v) is 4.91. The van der Waals surface area contributed by atoms with Crippen molar-refractivity contribution in [1.29, 1.82) is 0 Å². The number of nitrogens with zero attached hydrogens (tertiary/aromatic N) is 1. The zero-order valence-corrected chi connectivity index (χ0v) is 22.7. The van der Waals surface area contributed by atoms with Crippen LogP contribution in [0.4, 0.5) is 0 Å². The van der Waals surface area contributed by atoms with E-state index in [-0.39, 0.29) is 12.2 Å². The van der Waals surface area contributed by atoms with Crippen LogP contribution in [0.5, 0.6) is 11.5 Å². The standard InChI is InChI=1S/C31H32N2O7/c1-36-24-10-6-20(7-11-24)22-4-5-23(27(16-22)21-8-12-25(37-2)13-9-21)18-39-19-26-17-28(38-3)30(40-26)33-15-14-29(34)32-31(33)35/h4-16,26,28,30H,17-19H2,1-3H3,(H,32,34,35). The summed E-state index contributed by atoms with van der Waals surface area (Å²) < 4.78 is 29.8. The number of ether oxygens (including phenoxy) is 5. The Labute approximate surface area is 231 Å². The number of methoxy groups -OCH3 is 3. The molecular formula is C31H32N2O7. The molecule has 0 bridgehead atoms. The van der Waals surface area contributed by atoms with Gasteiger partial charge in [-0.1, -0.05) is 36.4 Å². The summed E-state index contributed by atoms with van der Waals surface area (Å²) in [6.07, 6.45) is 0.690. The van der Waals surface area contributed by atoms with Gasteiger partial charge in [-0.15, -0.1) is 0 Å². The van der Waals surface area contributed by atoms with Gasteiger partial charge in [0.15, 0.2) is 6.23 Å². The molecule has 1 fully saturated rings. The average Bonchev–Trinajstić information content (AvgIpc) is 3.40. The number of rotatable bonds is 10. The van der Waals surface area contributed by atoms with Crippen molar-refractivity contribution in [3.8, 4) is 33.8 Å². The molecule has 208 valence electrons. The monoisotopic (exact) mass is 544 g/mol. The fourth-order valence-electron chi connectivity index (χ4n) is 4.91. The highest BCUT2D eigenvalue weighted by molar-refractivity contribution is 5.76. The third-order valence-corrected chi connectivity index (χ3v) is 7.07. The van der Waals surface area contributed by atoms with Crippen LogP contribution >= 0.6 is 0 Å². The van der Waals surface area contributed by atoms with E-state index in [4.69, 9.17) is 23.7 Å². The molecule has 1 aromatic heterocycles. The van der Waals surface area contributed by atoms with E-state index in [0.717, 1.165) is 39.3 Å². The average molecular weight is 545 g/mol. The van der Waals surface area contributed by atoms with E-state index in [1.165, 1.54) is 16.8 Å². The lowest BCUT2D eigenvalue weighted by atomic mass is 9.94. The molecule has 0 aliphatic carbocycles. The molecule has 2 heterocycles. The van der Waals surface area contributed by atoms with Crippen molar-refractivity contribution in [2.75, 3.05) is 27.9 Å². The summed E-state index contributed by atoms with van der Waals surface area (Å²) in [4.78, 5) is 26.0. The second kappa shape index (κ2) is 12.3. The maximum absolute atomic E-state index is 12.3. The minimum absolute atomic E-state index is 0.281. The fraction of sp³-hybridized carbons (Fsp3) is 0.290. The van der Waals surface area contributed by atoms with Gasteiger partial charge in [0, 0.05) is 25.8 Å². The number of aromatic nitrogens is 2. The molecule has 5 rings (SSSR count). The zero-order chi connectivity index (χ0) is 28.1. The lowest BCUT2D eigenvalue weighted by Gasteiger charge is -2.19. The molecule has 3 aromatic carbocycles. The highest BCUT2D eigenvalue weighted by atomic mass is 16.6. The van der Waals surface area contributed by atoms with E-state index in [9.17, 15) is 9.59 Å². The first-order chi connectivity index (χ1) is 19.5. The molecule has 4 aromatic rings. The van der Waals surface area contributed by atoms with Gasteiger partial charge in [-0.05, 0) is 58.1 Å². The van der Waals surface area contributed by atoms with Crippen LogP contribution in [0.25, 0.3) is 22.3 Å². The normalized spacial score (nSPS) is 18.5. The Kier molecular flexibility index (Phi) is 8.45. The van der Waals surface area contributed by atoms with Gasteiger partial charge in [0.05, 0.1) is 33.5 Å². The van der Waals surface area contributed by atoms with Crippen LogP contribution in [-0.4, -0.2) is 49.7 Å². The van der Waals surface area contributed by atoms with Gasteiger partial charge < -0.3 is 23.7 Å². The number of H-pyrrole nitrogens is 1. The zero-order valence-electron chi connectivity index (χ0n) is 22.7. The van der Waals surface area contributed by atoms with Gasteiger partial charge in [0.1, 0.15) is 17.6 Å². The first-order valence-corrected chi connectivity index (χ1v) is 13.0. The Hall–Kier alpha value is -4.18. The van der Waals surface area contributed by atoms with Crippen molar-refractivity contribution < 1.29 is 23.7 Å². The summed E-state index contributed by atoms with van der Waals surface area (Å²) in [5.41, 5.74) is 4.28. The molecule has 9 nitrogen and oxygen atoms in total. The SMILES string of the molecule is COc1ccc(-c2ccc(COCC3CC(OC)C(n4ccc(=O)[nH]c4=O)O3)c(-c3ccc(OC)cc3)c2)cc1. The van der Waals surface area contributed by atoms with Gasteiger partial charge in [-0.2, -0.15) is 0 Å². The van der Waals surface area contributed by atoms with E-state index >= 15 is 0 Å². The second-order valence-electron chi connectivity index (χ2n) is 9.52. The number of nitrogens with one attached hydrogen (secondary N) is 1. The highest BCUT2D eigenvalue weighted by Gasteiger charge is 2.37. The maximum Gasteiger partial charge on any atom is 0.330 e. The molecule has 1 aliphatic rings. The third-order valence-electron chi connectivity index (χ3n) is 7.07. The number of aromatic amines is 1. The topological polar surface area (TPSA) is 101 Å². The van der Waals surface area contributed by atoms with Crippen LogP contribution in [-0.2, 0) is 20.8 Å². The molecule has 1 N–H and O–H groups in total. The quantitative estimate of drug-likeness (QED) is 0.316. The van der Waals surface area contributed by atoms with Crippen molar-refractivity contribution in [2.24, 2.45) is 0 Å². The Morgan fingerprint density at radius 3 is 2.12 bits per heavy atom. The first-order valence-electron chi connectivity index (χ1n) is 13.0. The lowest BCUT2D eigenvalue weighted by molar-refractivity contribution is -0.0728. The molecule has 0 amide bonds.